The van der Waals surface area contributed by atoms with Crippen LogP contribution in [0.3, 0.4) is 0 Å². The number of nitrogens with zero attached hydrogens (tertiary/aromatic N) is 1. The topological polar surface area (TPSA) is 48.3 Å². The Labute approximate surface area is 172 Å². The number of pyridine rings is 1. The minimum atomic E-state index is -0.630. The zero-order valence-corrected chi connectivity index (χ0v) is 17.9. The number of rotatable bonds is 3. The van der Waals surface area contributed by atoms with E-state index in [0.29, 0.717) is 11.3 Å². The van der Waals surface area contributed by atoms with Crippen LogP contribution in [-0.4, -0.2) is 16.1 Å². The number of fused-ring (bicyclic) bond motifs is 1. The predicted octanol–water partition coefficient (Wildman–Crippen LogP) is 5.39. The third-order valence-electron chi connectivity index (χ3n) is 4.19. The lowest BCUT2D eigenvalue weighted by atomic mass is 10.1. The van der Waals surface area contributed by atoms with Gasteiger partial charge in [-0.1, -0.05) is 46.3 Å². The van der Waals surface area contributed by atoms with Crippen LogP contribution < -0.4 is 5.56 Å². The van der Waals surface area contributed by atoms with Gasteiger partial charge in [-0.05, 0) is 62.9 Å². The van der Waals surface area contributed by atoms with E-state index in [9.17, 15) is 9.59 Å². The summed E-state index contributed by atoms with van der Waals surface area (Å²) in [5.41, 5.74) is 1.54. The fraction of sp³-hybridized carbons (Fsp3) is 0.217. The number of aromatic nitrogens is 1. The standard InChI is InChI=1S/C23H22BrNO3/c1-15(22(27)28-23(2,3)4)21(16-8-6-5-7-9-16)25-19-12-11-18(24)14-17(19)10-13-20(25)26/h5-14H,1-4H3. The highest BCUT2D eigenvalue weighted by Crippen LogP contribution is 2.27. The van der Waals surface area contributed by atoms with Crippen LogP contribution in [0, 0.1) is 0 Å². The molecule has 3 rings (SSSR count). The first kappa shape index (κ1) is 20.1. The molecule has 0 saturated heterocycles. The van der Waals surface area contributed by atoms with E-state index in [2.05, 4.69) is 15.9 Å². The van der Waals surface area contributed by atoms with Crippen molar-refractivity contribution < 1.29 is 9.53 Å². The van der Waals surface area contributed by atoms with Gasteiger partial charge in [0.25, 0.3) is 5.56 Å². The van der Waals surface area contributed by atoms with Crippen molar-refractivity contribution in [2.75, 3.05) is 0 Å². The average Bonchev–Trinajstić information content (AvgIpc) is 2.63. The van der Waals surface area contributed by atoms with Gasteiger partial charge in [0.1, 0.15) is 5.60 Å². The molecular formula is C23H22BrNO3. The Bertz CT molecular complexity index is 1120. The largest absolute Gasteiger partial charge is 0.457 e. The van der Waals surface area contributed by atoms with E-state index < -0.39 is 11.6 Å². The minimum Gasteiger partial charge on any atom is -0.457 e. The minimum absolute atomic E-state index is 0.211. The second-order valence-electron chi connectivity index (χ2n) is 7.55. The van der Waals surface area contributed by atoms with Crippen LogP contribution in [0.2, 0.25) is 0 Å². The van der Waals surface area contributed by atoms with Crippen molar-refractivity contribution in [3.63, 3.8) is 0 Å². The molecule has 2 aromatic carbocycles. The van der Waals surface area contributed by atoms with Crippen LogP contribution in [0.4, 0.5) is 0 Å². The quantitative estimate of drug-likeness (QED) is 0.406. The normalized spacial score (nSPS) is 12.6. The Morgan fingerprint density at radius 1 is 1.00 bits per heavy atom. The number of esters is 1. The van der Waals surface area contributed by atoms with Gasteiger partial charge in [0.2, 0.25) is 0 Å². The fourth-order valence-electron chi connectivity index (χ4n) is 3.01. The summed E-state index contributed by atoms with van der Waals surface area (Å²) in [6, 6.07) is 18.4. The Morgan fingerprint density at radius 2 is 1.68 bits per heavy atom. The number of hydrogen-bond acceptors (Lipinski definition) is 3. The van der Waals surface area contributed by atoms with Gasteiger partial charge in [0.05, 0.1) is 16.8 Å². The van der Waals surface area contributed by atoms with Crippen molar-refractivity contribution in [3.8, 4) is 0 Å². The van der Waals surface area contributed by atoms with Crippen molar-refractivity contribution in [1.29, 1.82) is 0 Å². The summed E-state index contributed by atoms with van der Waals surface area (Å²) in [6.07, 6.45) is 0. The summed E-state index contributed by atoms with van der Waals surface area (Å²) in [5.74, 6) is -0.452. The Morgan fingerprint density at radius 3 is 2.32 bits per heavy atom. The van der Waals surface area contributed by atoms with E-state index in [4.69, 9.17) is 4.74 Å². The van der Waals surface area contributed by atoms with Crippen molar-refractivity contribution in [3.05, 3.63) is 86.6 Å². The molecule has 1 heterocycles. The van der Waals surface area contributed by atoms with Crippen LogP contribution in [0.25, 0.3) is 16.6 Å². The highest BCUT2D eigenvalue weighted by Gasteiger charge is 2.23. The molecule has 0 saturated carbocycles. The lowest BCUT2D eigenvalue weighted by Gasteiger charge is -2.22. The van der Waals surface area contributed by atoms with E-state index in [1.165, 1.54) is 6.07 Å². The zero-order chi connectivity index (χ0) is 20.5. The molecule has 0 radical (unpaired) electrons. The van der Waals surface area contributed by atoms with Gasteiger partial charge in [-0.3, -0.25) is 9.36 Å². The zero-order valence-electron chi connectivity index (χ0n) is 16.3. The molecule has 0 bridgehead atoms. The molecule has 3 aromatic rings. The molecule has 144 valence electrons. The van der Waals surface area contributed by atoms with Gasteiger partial charge in [0, 0.05) is 10.5 Å². The van der Waals surface area contributed by atoms with Crippen LogP contribution in [0.1, 0.15) is 33.3 Å². The van der Waals surface area contributed by atoms with Crippen molar-refractivity contribution >= 4 is 38.5 Å². The molecule has 0 fully saturated rings. The van der Waals surface area contributed by atoms with E-state index >= 15 is 0 Å². The highest BCUT2D eigenvalue weighted by atomic mass is 79.9. The molecule has 0 atom stereocenters. The van der Waals surface area contributed by atoms with Crippen LogP contribution >= 0.6 is 15.9 Å². The summed E-state index contributed by atoms with van der Waals surface area (Å²) in [7, 11) is 0. The van der Waals surface area contributed by atoms with Crippen molar-refractivity contribution in [1.82, 2.24) is 4.57 Å². The molecular weight excluding hydrogens is 418 g/mol. The molecule has 1 aromatic heterocycles. The molecule has 4 nitrogen and oxygen atoms in total. The van der Waals surface area contributed by atoms with Crippen LogP contribution in [0.5, 0.6) is 0 Å². The van der Waals surface area contributed by atoms with Crippen molar-refractivity contribution in [2.24, 2.45) is 0 Å². The molecule has 0 unspecified atom stereocenters. The molecule has 0 aliphatic heterocycles. The van der Waals surface area contributed by atoms with E-state index in [1.54, 1.807) is 17.6 Å². The monoisotopic (exact) mass is 439 g/mol. The van der Waals surface area contributed by atoms with E-state index in [1.807, 2.05) is 69.3 Å². The Kier molecular flexibility index (Phi) is 5.57. The number of halogens is 1. The number of carbonyl (C=O) groups excluding carboxylic acids is 1. The molecule has 0 N–H and O–H groups in total. The lowest BCUT2D eigenvalue weighted by Crippen LogP contribution is -2.27. The number of benzene rings is 2. The SMILES string of the molecule is CC(C(=O)OC(C)(C)C)=C(c1ccccc1)n1c(=O)ccc2cc(Br)ccc21. The maximum Gasteiger partial charge on any atom is 0.336 e. The van der Waals surface area contributed by atoms with Gasteiger partial charge >= 0.3 is 5.97 Å². The first-order valence-corrected chi connectivity index (χ1v) is 9.78. The molecule has 28 heavy (non-hydrogen) atoms. The summed E-state index contributed by atoms with van der Waals surface area (Å²) < 4.78 is 8.07. The molecule has 0 amide bonds. The van der Waals surface area contributed by atoms with Crippen LogP contribution in [0.15, 0.2) is 75.5 Å². The summed E-state index contributed by atoms with van der Waals surface area (Å²) >= 11 is 3.47. The summed E-state index contributed by atoms with van der Waals surface area (Å²) in [6.45, 7) is 7.16. The van der Waals surface area contributed by atoms with Crippen LogP contribution in [-0.2, 0) is 9.53 Å². The second-order valence-corrected chi connectivity index (χ2v) is 8.47. The van der Waals surface area contributed by atoms with Gasteiger partial charge in [-0.25, -0.2) is 4.79 Å². The summed E-state index contributed by atoms with van der Waals surface area (Å²) in [5, 5.41) is 0.888. The third kappa shape index (κ3) is 4.25. The van der Waals surface area contributed by atoms with Gasteiger partial charge in [-0.2, -0.15) is 0 Å². The fourth-order valence-corrected chi connectivity index (χ4v) is 3.39. The molecule has 5 heteroatoms. The lowest BCUT2D eigenvalue weighted by molar-refractivity contribution is -0.149. The second kappa shape index (κ2) is 7.76. The number of ether oxygens (including phenoxy) is 1. The number of carbonyl (C=O) groups is 1. The Hall–Kier alpha value is -2.66. The Balaban J connectivity index is 2.35. The van der Waals surface area contributed by atoms with E-state index in [0.717, 1.165) is 20.9 Å². The third-order valence-corrected chi connectivity index (χ3v) is 4.68. The van der Waals surface area contributed by atoms with E-state index in [-0.39, 0.29) is 5.56 Å². The van der Waals surface area contributed by atoms with Gasteiger partial charge < -0.3 is 4.74 Å². The highest BCUT2D eigenvalue weighted by molar-refractivity contribution is 9.10. The maximum absolute atomic E-state index is 12.9. The molecule has 0 aliphatic rings. The molecule has 0 spiro atoms. The number of hydrogen-bond donors (Lipinski definition) is 0. The first-order valence-electron chi connectivity index (χ1n) is 8.99. The van der Waals surface area contributed by atoms with Gasteiger partial charge in [-0.15, -0.1) is 0 Å². The van der Waals surface area contributed by atoms with Gasteiger partial charge in [0.15, 0.2) is 0 Å². The maximum atomic E-state index is 12.9. The summed E-state index contributed by atoms with van der Waals surface area (Å²) in [4.78, 5) is 25.8. The van der Waals surface area contributed by atoms with Crippen molar-refractivity contribution in [2.45, 2.75) is 33.3 Å². The first-order chi connectivity index (χ1) is 13.2. The smallest absolute Gasteiger partial charge is 0.336 e. The average molecular weight is 440 g/mol. The molecule has 0 aliphatic carbocycles. The predicted molar refractivity (Wildman–Crippen MR) is 116 cm³/mol.